The number of nitrogens with zero attached hydrogens (tertiary/aromatic N) is 4. The third-order valence-electron chi connectivity index (χ3n) is 6.05. The third kappa shape index (κ3) is 3.68. The minimum Gasteiger partial charge on any atom is -0.497 e. The van der Waals surface area contributed by atoms with E-state index in [4.69, 9.17) is 9.47 Å². The number of benzene rings is 1. The Morgan fingerprint density at radius 3 is 2.65 bits per heavy atom. The van der Waals surface area contributed by atoms with Crippen molar-refractivity contribution in [3.8, 4) is 11.4 Å². The molecule has 34 heavy (non-hydrogen) atoms. The summed E-state index contributed by atoms with van der Waals surface area (Å²) < 4.78 is 14.7. The molecule has 4 aromatic rings. The fourth-order valence-corrected chi connectivity index (χ4v) is 6.20. The smallest absolute Gasteiger partial charge is 0.316 e. The topological polar surface area (TPSA) is 108 Å². The van der Waals surface area contributed by atoms with Gasteiger partial charge in [-0.15, -0.1) is 21.5 Å². The van der Waals surface area contributed by atoms with E-state index in [-0.39, 0.29) is 11.7 Å². The van der Waals surface area contributed by atoms with Crippen LogP contribution < -0.4 is 10.3 Å². The number of fused-ring (bicyclic) bond motifs is 5. The molecule has 0 fully saturated rings. The molecule has 0 saturated heterocycles. The molecular weight excluding hydrogens is 476 g/mol. The van der Waals surface area contributed by atoms with Crippen LogP contribution in [0.3, 0.4) is 0 Å². The first-order valence-corrected chi connectivity index (χ1v) is 12.6. The maximum atomic E-state index is 14.0. The van der Waals surface area contributed by atoms with Gasteiger partial charge in [-0.3, -0.25) is 9.59 Å². The molecule has 0 spiro atoms. The van der Waals surface area contributed by atoms with Gasteiger partial charge in [0.05, 0.1) is 30.9 Å². The Kier molecular flexibility index (Phi) is 5.86. The van der Waals surface area contributed by atoms with Crippen LogP contribution in [0.25, 0.3) is 21.7 Å². The van der Waals surface area contributed by atoms with Crippen molar-refractivity contribution in [3.63, 3.8) is 0 Å². The van der Waals surface area contributed by atoms with Gasteiger partial charge in [0.1, 0.15) is 15.8 Å². The van der Waals surface area contributed by atoms with Crippen molar-refractivity contribution >= 4 is 45.1 Å². The number of aromatic nitrogens is 4. The molecule has 1 aliphatic rings. The quantitative estimate of drug-likeness (QED) is 0.399. The summed E-state index contributed by atoms with van der Waals surface area (Å²) in [7, 11) is 1.59. The lowest BCUT2D eigenvalue weighted by atomic mass is 9.96. The second-order valence-electron chi connectivity index (χ2n) is 8.54. The molecule has 0 radical (unpaired) electrons. The summed E-state index contributed by atoms with van der Waals surface area (Å²) in [6.45, 7) is 6.27. The van der Waals surface area contributed by atoms with Crippen molar-refractivity contribution < 1.29 is 19.4 Å². The number of methoxy groups -OCH3 is 1. The van der Waals surface area contributed by atoms with E-state index in [0.29, 0.717) is 51.5 Å². The van der Waals surface area contributed by atoms with Crippen molar-refractivity contribution in [3.05, 3.63) is 45.1 Å². The molecule has 0 bridgehead atoms. The Balaban J connectivity index is 1.82. The second kappa shape index (κ2) is 8.71. The average molecular weight is 501 g/mol. The second-order valence-corrected chi connectivity index (χ2v) is 10.9. The highest BCUT2D eigenvalue weighted by molar-refractivity contribution is 8.00. The standard InChI is InChI=1S/C23H24N4O5S2/c1-11(2)16-9-15-17(10-32-16)34-20-18(15)19(28)26(13-5-7-14(31-4)8-6-13)22-24-25-23(27(20)22)33-12(3)21(29)30/h5-8,11-12,16H,9-10H2,1-4H3,(H,29,30)/t12-,16-/m1/s1. The lowest BCUT2D eigenvalue weighted by molar-refractivity contribution is -0.136. The van der Waals surface area contributed by atoms with E-state index in [1.54, 1.807) is 42.7 Å². The van der Waals surface area contributed by atoms with Gasteiger partial charge in [0.25, 0.3) is 5.56 Å². The number of hydrogen-bond donors (Lipinski definition) is 1. The molecule has 4 heterocycles. The molecule has 11 heteroatoms. The molecule has 178 valence electrons. The number of thiophene rings is 1. The molecule has 5 rings (SSSR count). The lowest BCUT2D eigenvalue weighted by Gasteiger charge is -2.26. The molecule has 1 N–H and O–H groups in total. The largest absolute Gasteiger partial charge is 0.497 e. The molecule has 1 aromatic carbocycles. The van der Waals surface area contributed by atoms with E-state index < -0.39 is 11.2 Å². The van der Waals surface area contributed by atoms with Crippen LogP contribution in [0.5, 0.6) is 5.75 Å². The first-order chi connectivity index (χ1) is 16.3. The zero-order valence-electron chi connectivity index (χ0n) is 19.1. The Bertz CT molecular complexity index is 1450. The van der Waals surface area contributed by atoms with Gasteiger partial charge in [-0.2, -0.15) is 0 Å². The van der Waals surface area contributed by atoms with E-state index >= 15 is 0 Å². The molecule has 0 unspecified atom stereocenters. The van der Waals surface area contributed by atoms with E-state index in [9.17, 15) is 14.7 Å². The van der Waals surface area contributed by atoms with Crippen LogP contribution in [-0.4, -0.2) is 48.7 Å². The number of carbonyl (C=O) groups is 1. The zero-order valence-corrected chi connectivity index (χ0v) is 20.8. The van der Waals surface area contributed by atoms with Crippen LogP contribution >= 0.6 is 23.1 Å². The predicted molar refractivity (Wildman–Crippen MR) is 131 cm³/mol. The molecule has 9 nitrogen and oxygen atoms in total. The molecule has 0 saturated carbocycles. The van der Waals surface area contributed by atoms with Crippen LogP contribution in [-0.2, 0) is 22.6 Å². The summed E-state index contributed by atoms with van der Waals surface area (Å²) in [6.07, 6.45) is 0.670. The van der Waals surface area contributed by atoms with Crippen LogP contribution in [0.2, 0.25) is 0 Å². The number of carboxylic acids is 1. The Hall–Kier alpha value is -2.89. The van der Waals surface area contributed by atoms with Crippen LogP contribution in [0, 0.1) is 5.92 Å². The van der Waals surface area contributed by atoms with Crippen molar-refractivity contribution in [1.29, 1.82) is 0 Å². The highest BCUT2D eigenvalue weighted by Crippen LogP contribution is 2.38. The van der Waals surface area contributed by atoms with Gasteiger partial charge in [0.2, 0.25) is 5.78 Å². The van der Waals surface area contributed by atoms with Crippen molar-refractivity contribution in [1.82, 2.24) is 19.2 Å². The normalized spacial score (nSPS) is 16.8. The maximum Gasteiger partial charge on any atom is 0.316 e. The van der Waals surface area contributed by atoms with Crippen molar-refractivity contribution in [2.24, 2.45) is 5.92 Å². The average Bonchev–Trinajstić information content (AvgIpc) is 3.40. The Morgan fingerprint density at radius 2 is 2.00 bits per heavy atom. The van der Waals surface area contributed by atoms with Crippen LogP contribution in [0.1, 0.15) is 31.2 Å². The number of carboxylic acid groups (broad SMARTS) is 1. The van der Waals surface area contributed by atoms with Gasteiger partial charge in [0, 0.05) is 11.3 Å². The predicted octanol–water partition coefficient (Wildman–Crippen LogP) is 3.77. The summed E-state index contributed by atoms with van der Waals surface area (Å²) in [4.78, 5) is 27.2. The molecular formula is C23H24N4O5S2. The monoisotopic (exact) mass is 500 g/mol. The van der Waals surface area contributed by atoms with Gasteiger partial charge in [-0.1, -0.05) is 25.6 Å². The molecule has 0 amide bonds. The SMILES string of the molecule is COc1ccc(-n2c(=O)c3c4c(sc3n3c(S[C@H](C)C(=O)O)nnc23)CO[C@@H](C(C)C)C4)cc1. The number of aliphatic carboxylic acids is 1. The zero-order chi connectivity index (χ0) is 24.1. The Morgan fingerprint density at radius 1 is 1.26 bits per heavy atom. The minimum atomic E-state index is -0.944. The highest BCUT2D eigenvalue weighted by atomic mass is 32.2. The van der Waals surface area contributed by atoms with Gasteiger partial charge in [-0.05, 0) is 42.7 Å². The Labute approximate surface area is 203 Å². The fraction of sp³-hybridized carbons (Fsp3) is 0.391. The minimum absolute atomic E-state index is 0.0247. The van der Waals surface area contributed by atoms with Crippen LogP contribution in [0.4, 0.5) is 0 Å². The van der Waals surface area contributed by atoms with Gasteiger partial charge in [-0.25, -0.2) is 8.97 Å². The first kappa shape index (κ1) is 22.9. The van der Waals surface area contributed by atoms with Crippen LogP contribution in [0.15, 0.2) is 34.2 Å². The van der Waals surface area contributed by atoms with E-state index in [0.717, 1.165) is 22.2 Å². The first-order valence-electron chi connectivity index (χ1n) is 10.9. The van der Waals surface area contributed by atoms with E-state index in [2.05, 4.69) is 24.0 Å². The highest BCUT2D eigenvalue weighted by Gasteiger charge is 2.30. The van der Waals surface area contributed by atoms with Gasteiger partial charge < -0.3 is 14.6 Å². The molecule has 1 aliphatic heterocycles. The van der Waals surface area contributed by atoms with Gasteiger partial charge >= 0.3 is 5.97 Å². The summed E-state index contributed by atoms with van der Waals surface area (Å²) in [5, 5.41) is 18.4. The number of ether oxygens (including phenoxy) is 2. The number of rotatable bonds is 6. The molecule has 3 aromatic heterocycles. The fourth-order valence-electron chi connectivity index (χ4n) is 4.12. The summed E-state index contributed by atoms with van der Waals surface area (Å²) >= 11 is 2.58. The lowest BCUT2D eigenvalue weighted by Crippen LogP contribution is -2.28. The maximum absolute atomic E-state index is 14.0. The van der Waals surface area contributed by atoms with Crippen molar-refractivity contribution in [2.45, 2.75) is 50.3 Å². The molecule has 0 aliphatic carbocycles. The number of hydrogen-bond acceptors (Lipinski definition) is 8. The molecule has 2 atom stereocenters. The summed E-state index contributed by atoms with van der Waals surface area (Å²) in [6, 6.07) is 7.16. The third-order valence-corrected chi connectivity index (χ3v) is 8.27. The summed E-state index contributed by atoms with van der Waals surface area (Å²) in [5.41, 5.74) is 1.44. The van der Waals surface area contributed by atoms with Gasteiger partial charge in [0.15, 0.2) is 5.16 Å². The summed E-state index contributed by atoms with van der Waals surface area (Å²) in [5.74, 6) is 0.377. The van der Waals surface area contributed by atoms with E-state index in [1.165, 1.54) is 15.9 Å². The van der Waals surface area contributed by atoms with E-state index in [1.807, 2.05) is 0 Å². The van der Waals surface area contributed by atoms with Crippen molar-refractivity contribution in [2.75, 3.05) is 7.11 Å². The number of thioether (sulfide) groups is 1.